The number of hydrogen-bond acceptors (Lipinski definition) is 5. The van der Waals surface area contributed by atoms with Crippen LogP contribution in [0.25, 0.3) is 11.0 Å². The molecule has 2 heterocycles. The van der Waals surface area contributed by atoms with Crippen LogP contribution < -0.4 is 10.9 Å². The molecule has 0 aliphatic rings. The SMILES string of the molecule is Cc1nc2ccc(NC(=O)CSc3nccc(=O)[nH]3)cc2[nH]1. The molecule has 7 nitrogen and oxygen atoms in total. The molecule has 22 heavy (non-hydrogen) atoms. The summed E-state index contributed by atoms with van der Waals surface area (Å²) in [4.78, 5) is 37.0. The zero-order valence-electron chi connectivity index (χ0n) is 11.7. The first-order valence-electron chi connectivity index (χ1n) is 6.54. The number of H-pyrrole nitrogens is 2. The summed E-state index contributed by atoms with van der Waals surface area (Å²) >= 11 is 1.17. The van der Waals surface area contributed by atoms with Gasteiger partial charge in [0, 0.05) is 18.0 Å². The van der Waals surface area contributed by atoms with Crippen LogP contribution in [0.4, 0.5) is 5.69 Å². The second-order valence-corrected chi connectivity index (χ2v) is 5.59. The number of anilines is 1. The largest absolute Gasteiger partial charge is 0.342 e. The Morgan fingerprint density at radius 2 is 2.18 bits per heavy atom. The second kappa shape index (κ2) is 6.02. The van der Waals surface area contributed by atoms with Crippen molar-refractivity contribution >= 4 is 34.4 Å². The van der Waals surface area contributed by atoms with Crippen LogP contribution in [0.1, 0.15) is 5.82 Å². The summed E-state index contributed by atoms with van der Waals surface area (Å²) in [5.41, 5.74) is 2.18. The van der Waals surface area contributed by atoms with Gasteiger partial charge in [-0.25, -0.2) is 9.97 Å². The zero-order chi connectivity index (χ0) is 15.5. The number of benzene rings is 1. The molecule has 0 saturated carbocycles. The average Bonchev–Trinajstić information content (AvgIpc) is 2.84. The third kappa shape index (κ3) is 3.34. The first-order valence-corrected chi connectivity index (χ1v) is 7.53. The number of aromatic amines is 2. The highest BCUT2D eigenvalue weighted by Gasteiger charge is 2.07. The van der Waals surface area contributed by atoms with E-state index >= 15 is 0 Å². The normalized spacial score (nSPS) is 10.8. The van der Waals surface area contributed by atoms with E-state index in [4.69, 9.17) is 0 Å². The molecule has 0 atom stereocenters. The number of nitrogens with one attached hydrogen (secondary N) is 3. The maximum atomic E-state index is 11.9. The zero-order valence-corrected chi connectivity index (χ0v) is 12.5. The van der Waals surface area contributed by atoms with Gasteiger partial charge < -0.3 is 15.3 Å². The monoisotopic (exact) mass is 315 g/mol. The van der Waals surface area contributed by atoms with Crippen molar-refractivity contribution in [2.75, 3.05) is 11.1 Å². The first-order chi connectivity index (χ1) is 10.6. The number of rotatable bonds is 4. The summed E-state index contributed by atoms with van der Waals surface area (Å²) < 4.78 is 0. The number of carbonyl (C=O) groups excluding carboxylic acids is 1. The van der Waals surface area contributed by atoms with E-state index in [9.17, 15) is 9.59 Å². The van der Waals surface area contributed by atoms with Gasteiger partial charge in [0.05, 0.1) is 16.8 Å². The van der Waals surface area contributed by atoms with Gasteiger partial charge in [0.1, 0.15) is 5.82 Å². The summed E-state index contributed by atoms with van der Waals surface area (Å²) in [6.45, 7) is 1.88. The minimum absolute atomic E-state index is 0.160. The Bertz CT molecular complexity index is 886. The van der Waals surface area contributed by atoms with Crippen LogP contribution in [0.2, 0.25) is 0 Å². The van der Waals surface area contributed by atoms with Crippen molar-refractivity contribution in [2.45, 2.75) is 12.1 Å². The van der Waals surface area contributed by atoms with Gasteiger partial charge in [-0.2, -0.15) is 0 Å². The number of imidazole rings is 1. The highest BCUT2D eigenvalue weighted by Crippen LogP contribution is 2.18. The molecule has 1 aromatic carbocycles. The summed E-state index contributed by atoms with van der Waals surface area (Å²) in [7, 11) is 0. The van der Waals surface area contributed by atoms with E-state index < -0.39 is 0 Å². The Morgan fingerprint density at radius 1 is 1.32 bits per heavy atom. The maximum absolute atomic E-state index is 11.9. The standard InChI is InChI=1S/C14H13N5O2S/c1-8-16-10-3-2-9(6-11(10)17-8)18-13(21)7-22-14-15-5-4-12(20)19-14/h2-6H,7H2,1H3,(H,16,17)(H,18,21)(H,15,19,20). The lowest BCUT2D eigenvalue weighted by molar-refractivity contribution is -0.113. The van der Waals surface area contributed by atoms with Crippen molar-refractivity contribution in [3.05, 3.63) is 46.6 Å². The van der Waals surface area contributed by atoms with Crippen molar-refractivity contribution < 1.29 is 4.79 Å². The summed E-state index contributed by atoms with van der Waals surface area (Å²) in [6.07, 6.45) is 1.41. The van der Waals surface area contributed by atoms with Gasteiger partial charge in [-0.1, -0.05) is 11.8 Å². The number of hydrogen-bond donors (Lipinski definition) is 3. The molecule has 3 N–H and O–H groups in total. The molecule has 3 rings (SSSR count). The lowest BCUT2D eigenvalue weighted by Gasteiger charge is -2.04. The summed E-state index contributed by atoms with van der Waals surface area (Å²) in [5, 5.41) is 3.22. The van der Waals surface area contributed by atoms with Gasteiger partial charge in [0.2, 0.25) is 5.91 Å². The Kier molecular flexibility index (Phi) is 3.92. The first kappa shape index (κ1) is 14.3. The second-order valence-electron chi connectivity index (χ2n) is 4.63. The van der Waals surface area contributed by atoms with Gasteiger partial charge in [0.25, 0.3) is 5.56 Å². The molecule has 0 fully saturated rings. The molecule has 0 saturated heterocycles. The van der Waals surface area contributed by atoms with E-state index in [-0.39, 0.29) is 17.2 Å². The van der Waals surface area contributed by atoms with Crippen LogP contribution in [0, 0.1) is 6.92 Å². The van der Waals surface area contributed by atoms with E-state index in [0.717, 1.165) is 16.9 Å². The molecule has 0 aliphatic carbocycles. The van der Waals surface area contributed by atoms with E-state index in [0.29, 0.717) is 10.8 Å². The minimum atomic E-state index is -0.238. The van der Waals surface area contributed by atoms with Crippen LogP contribution in [-0.4, -0.2) is 31.6 Å². The molecule has 3 aromatic rings. The van der Waals surface area contributed by atoms with Crippen molar-refractivity contribution in [3.63, 3.8) is 0 Å². The number of nitrogens with zero attached hydrogens (tertiary/aromatic N) is 2. The quantitative estimate of drug-likeness (QED) is 0.502. The summed E-state index contributed by atoms with van der Waals surface area (Å²) in [6, 6.07) is 6.80. The summed E-state index contributed by atoms with van der Waals surface area (Å²) in [5.74, 6) is 0.813. The minimum Gasteiger partial charge on any atom is -0.342 e. The third-order valence-corrected chi connectivity index (χ3v) is 3.76. The Morgan fingerprint density at radius 3 is 3.00 bits per heavy atom. The fourth-order valence-corrected chi connectivity index (χ4v) is 2.62. The van der Waals surface area contributed by atoms with Crippen molar-refractivity contribution in [2.24, 2.45) is 0 Å². The topological polar surface area (TPSA) is 104 Å². The number of aryl methyl sites for hydroxylation is 1. The van der Waals surface area contributed by atoms with Crippen LogP contribution in [0.3, 0.4) is 0 Å². The molecule has 112 valence electrons. The predicted octanol–water partition coefficient (Wildman–Crippen LogP) is 1.69. The van der Waals surface area contributed by atoms with Crippen molar-refractivity contribution in [3.8, 4) is 0 Å². The number of carbonyl (C=O) groups is 1. The number of aromatic nitrogens is 4. The number of amides is 1. The van der Waals surface area contributed by atoms with E-state index in [1.807, 2.05) is 19.1 Å². The van der Waals surface area contributed by atoms with Gasteiger partial charge in [-0.3, -0.25) is 9.59 Å². The predicted molar refractivity (Wildman–Crippen MR) is 85.0 cm³/mol. The molecule has 0 bridgehead atoms. The van der Waals surface area contributed by atoms with E-state index in [2.05, 4.69) is 25.3 Å². The lowest BCUT2D eigenvalue weighted by atomic mass is 10.3. The Labute approximate surface area is 129 Å². The van der Waals surface area contributed by atoms with Gasteiger partial charge >= 0.3 is 0 Å². The average molecular weight is 315 g/mol. The molecular formula is C14H13N5O2S. The molecule has 8 heteroatoms. The smallest absolute Gasteiger partial charge is 0.251 e. The third-order valence-electron chi connectivity index (χ3n) is 2.87. The van der Waals surface area contributed by atoms with Crippen LogP contribution in [0.5, 0.6) is 0 Å². The molecular weight excluding hydrogens is 302 g/mol. The number of thioether (sulfide) groups is 1. The van der Waals surface area contributed by atoms with Crippen LogP contribution >= 0.6 is 11.8 Å². The maximum Gasteiger partial charge on any atom is 0.251 e. The molecule has 0 aliphatic heterocycles. The highest BCUT2D eigenvalue weighted by atomic mass is 32.2. The highest BCUT2D eigenvalue weighted by molar-refractivity contribution is 7.99. The van der Waals surface area contributed by atoms with Crippen molar-refractivity contribution in [1.82, 2.24) is 19.9 Å². The van der Waals surface area contributed by atoms with Crippen LogP contribution in [-0.2, 0) is 4.79 Å². The fraction of sp³-hybridized carbons (Fsp3) is 0.143. The molecule has 0 radical (unpaired) electrons. The lowest BCUT2D eigenvalue weighted by Crippen LogP contribution is -2.15. The number of fused-ring (bicyclic) bond motifs is 1. The van der Waals surface area contributed by atoms with E-state index in [1.54, 1.807) is 6.07 Å². The fourth-order valence-electron chi connectivity index (χ4n) is 1.97. The van der Waals surface area contributed by atoms with Crippen LogP contribution in [0.15, 0.2) is 40.4 Å². The Balaban J connectivity index is 1.64. The molecule has 2 aromatic heterocycles. The molecule has 1 amide bonds. The molecule has 0 spiro atoms. The van der Waals surface area contributed by atoms with Gasteiger partial charge in [-0.05, 0) is 25.1 Å². The molecule has 0 unspecified atom stereocenters. The van der Waals surface area contributed by atoms with Gasteiger partial charge in [0.15, 0.2) is 5.16 Å². The van der Waals surface area contributed by atoms with Gasteiger partial charge in [-0.15, -0.1) is 0 Å². The van der Waals surface area contributed by atoms with Crippen molar-refractivity contribution in [1.29, 1.82) is 0 Å². The van der Waals surface area contributed by atoms with E-state index in [1.165, 1.54) is 24.0 Å². The Hall–Kier alpha value is -2.61.